The van der Waals surface area contributed by atoms with Gasteiger partial charge in [-0.15, -0.1) is 0 Å². The minimum absolute atomic E-state index is 0.0960. The Morgan fingerprint density at radius 2 is 0.500 bits per heavy atom. The highest BCUT2D eigenvalue weighted by Gasteiger charge is 2.19. The number of esters is 3. The first-order valence-electron chi connectivity index (χ1n) is 33.5. The second kappa shape index (κ2) is 67.3. The van der Waals surface area contributed by atoms with Gasteiger partial charge in [0.05, 0.1) is 0 Å². The third-order valence-corrected chi connectivity index (χ3v) is 14.2. The number of unbranched alkanes of at least 4 members (excludes halogenated alkanes) is 29. The van der Waals surface area contributed by atoms with Gasteiger partial charge in [-0.25, -0.2) is 0 Å². The molecule has 0 N–H and O–H groups in total. The van der Waals surface area contributed by atoms with Crippen LogP contribution < -0.4 is 0 Å². The second-order valence-corrected chi connectivity index (χ2v) is 22.0. The fraction of sp³-hybridized carbons (Fsp3) is 0.689. The van der Waals surface area contributed by atoms with Crippen molar-refractivity contribution in [3.8, 4) is 0 Å². The molecule has 0 saturated heterocycles. The minimum atomic E-state index is -0.805. The molecule has 1 unspecified atom stereocenters. The Kier molecular flexibility index (Phi) is 63.8. The number of ether oxygens (including phenoxy) is 3. The first-order chi connectivity index (χ1) is 39.5. The van der Waals surface area contributed by atoms with E-state index in [0.717, 1.165) is 103 Å². The van der Waals surface area contributed by atoms with Crippen LogP contribution in [-0.4, -0.2) is 37.2 Å². The highest BCUT2D eigenvalue weighted by Crippen LogP contribution is 2.16. The zero-order valence-electron chi connectivity index (χ0n) is 52.3. The van der Waals surface area contributed by atoms with Crippen molar-refractivity contribution >= 4 is 17.9 Å². The van der Waals surface area contributed by atoms with Gasteiger partial charge in [-0.3, -0.25) is 14.4 Å². The summed E-state index contributed by atoms with van der Waals surface area (Å²) in [6.45, 7) is 6.50. The molecule has 0 aromatic carbocycles. The van der Waals surface area contributed by atoms with Gasteiger partial charge in [0.25, 0.3) is 0 Å². The van der Waals surface area contributed by atoms with Crippen molar-refractivity contribution in [3.05, 3.63) is 122 Å². The van der Waals surface area contributed by atoms with Crippen LogP contribution in [0.3, 0.4) is 0 Å². The predicted molar refractivity (Wildman–Crippen MR) is 348 cm³/mol. The molecule has 0 aliphatic heterocycles. The largest absolute Gasteiger partial charge is 0.462 e. The summed E-state index contributed by atoms with van der Waals surface area (Å²) in [7, 11) is 0. The fourth-order valence-electron chi connectivity index (χ4n) is 9.21. The van der Waals surface area contributed by atoms with Crippen molar-refractivity contribution in [1.29, 1.82) is 0 Å². The summed E-state index contributed by atoms with van der Waals surface area (Å²) in [5.41, 5.74) is 0. The lowest BCUT2D eigenvalue weighted by atomic mass is 10.0. The number of rotatable bonds is 60. The van der Waals surface area contributed by atoms with E-state index in [4.69, 9.17) is 14.2 Å². The Hall–Kier alpha value is -4.19. The molecule has 6 heteroatoms. The van der Waals surface area contributed by atoms with Crippen LogP contribution in [-0.2, 0) is 28.6 Å². The summed E-state index contributed by atoms with van der Waals surface area (Å²) in [5.74, 6) is -0.953. The molecule has 80 heavy (non-hydrogen) atoms. The van der Waals surface area contributed by atoms with E-state index in [2.05, 4.69) is 142 Å². The molecule has 0 amide bonds. The molecule has 0 spiro atoms. The summed E-state index contributed by atoms with van der Waals surface area (Å²) >= 11 is 0. The zero-order chi connectivity index (χ0) is 57.8. The summed E-state index contributed by atoms with van der Waals surface area (Å²) in [5, 5.41) is 0. The van der Waals surface area contributed by atoms with E-state index in [1.165, 1.54) is 161 Å². The van der Waals surface area contributed by atoms with E-state index in [9.17, 15) is 14.4 Å². The number of hydrogen-bond acceptors (Lipinski definition) is 6. The topological polar surface area (TPSA) is 78.9 Å². The van der Waals surface area contributed by atoms with Gasteiger partial charge in [0.15, 0.2) is 6.10 Å². The van der Waals surface area contributed by atoms with Crippen molar-refractivity contribution < 1.29 is 28.6 Å². The summed E-state index contributed by atoms with van der Waals surface area (Å²) in [4.78, 5) is 38.3. The first-order valence-corrected chi connectivity index (χ1v) is 33.5. The summed E-state index contributed by atoms with van der Waals surface area (Å²) < 4.78 is 16.9. The van der Waals surface area contributed by atoms with Crippen LogP contribution in [0.25, 0.3) is 0 Å². The number of carbonyl (C=O) groups excluding carboxylic acids is 3. The monoisotopic (exact) mass is 1110 g/mol. The summed E-state index contributed by atoms with van der Waals surface area (Å²) in [6.07, 6.45) is 93.6. The van der Waals surface area contributed by atoms with E-state index in [0.29, 0.717) is 19.3 Å². The van der Waals surface area contributed by atoms with Crippen LogP contribution >= 0.6 is 0 Å². The van der Waals surface area contributed by atoms with Gasteiger partial charge in [-0.1, -0.05) is 303 Å². The van der Waals surface area contributed by atoms with Crippen LogP contribution in [0.4, 0.5) is 0 Å². The third-order valence-electron chi connectivity index (χ3n) is 14.2. The van der Waals surface area contributed by atoms with Gasteiger partial charge in [-0.05, 0) is 109 Å². The Balaban J connectivity index is 4.41. The van der Waals surface area contributed by atoms with Gasteiger partial charge in [0, 0.05) is 19.3 Å². The molecule has 0 fully saturated rings. The summed E-state index contributed by atoms with van der Waals surface area (Å²) in [6, 6.07) is 0. The van der Waals surface area contributed by atoms with Crippen LogP contribution in [0.5, 0.6) is 0 Å². The highest BCUT2D eigenvalue weighted by atomic mass is 16.6. The van der Waals surface area contributed by atoms with Gasteiger partial charge in [0.1, 0.15) is 13.2 Å². The minimum Gasteiger partial charge on any atom is -0.462 e. The van der Waals surface area contributed by atoms with Crippen molar-refractivity contribution in [2.45, 2.75) is 316 Å². The molecule has 0 rings (SSSR count). The second-order valence-electron chi connectivity index (χ2n) is 22.0. The Bertz CT molecular complexity index is 1650. The molecule has 0 aliphatic carbocycles. The lowest BCUT2D eigenvalue weighted by molar-refractivity contribution is -0.167. The highest BCUT2D eigenvalue weighted by molar-refractivity contribution is 5.71. The van der Waals surface area contributed by atoms with Gasteiger partial charge >= 0.3 is 17.9 Å². The maximum atomic E-state index is 12.9. The SMILES string of the molecule is CC/C=C\C/C=C\C/C=C\C/C=C\C/C=C\C/C=C\C/C=C\C/C=C\C/C=C\CCCC(=O)OCC(COC(=O)CCCCCCCCCCCCCC)OC(=O)CCCCCCCCCCC/C=C\CCCCCCCCCC. The normalized spacial score (nSPS) is 12.9. The van der Waals surface area contributed by atoms with E-state index in [-0.39, 0.29) is 37.5 Å². The van der Waals surface area contributed by atoms with Gasteiger partial charge in [-0.2, -0.15) is 0 Å². The van der Waals surface area contributed by atoms with Crippen LogP contribution in [0.15, 0.2) is 122 Å². The average Bonchev–Trinajstić information content (AvgIpc) is 3.46. The van der Waals surface area contributed by atoms with E-state index in [1.807, 2.05) is 0 Å². The molecule has 0 saturated carbocycles. The smallest absolute Gasteiger partial charge is 0.306 e. The molecule has 0 radical (unpaired) electrons. The maximum Gasteiger partial charge on any atom is 0.306 e. The Morgan fingerprint density at radius 3 is 0.825 bits per heavy atom. The molecule has 0 aromatic heterocycles. The molecular weight excluding hydrogens is 985 g/mol. The van der Waals surface area contributed by atoms with E-state index >= 15 is 0 Å². The van der Waals surface area contributed by atoms with Crippen molar-refractivity contribution in [2.24, 2.45) is 0 Å². The van der Waals surface area contributed by atoms with Crippen molar-refractivity contribution in [1.82, 2.24) is 0 Å². The van der Waals surface area contributed by atoms with Crippen LogP contribution in [0.2, 0.25) is 0 Å². The molecule has 0 aliphatic rings. The lowest BCUT2D eigenvalue weighted by Gasteiger charge is -2.18. The van der Waals surface area contributed by atoms with Crippen molar-refractivity contribution in [3.63, 3.8) is 0 Å². The molecule has 0 bridgehead atoms. The van der Waals surface area contributed by atoms with E-state index in [1.54, 1.807) is 0 Å². The maximum absolute atomic E-state index is 12.9. The molecule has 6 nitrogen and oxygen atoms in total. The standard InChI is InChI=1S/C74H124O6/c1-4-7-10-13-16-19-22-25-27-29-31-33-34-35-36-37-38-39-40-42-43-45-47-49-52-55-58-61-64-67-73(76)79-70-71(69-78-72(75)66-63-60-57-54-51-24-21-18-15-12-9-6-3)80-74(77)68-65-62-59-56-53-50-48-46-44-41-32-30-28-26-23-20-17-14-11-8-5-2/h7,10,16,19,25,27,30-33,35-36,38-39,42-43,47,49,55,58,71H,4-6,8-9,11-15,17-18,20-24,26,28-29,34,37,40-41,44-46,48,50-54,56-57,59-70H2,1-3H3/b10-7-,19-16-,27-25-,32-30-,33-31-,36-35-,39-38-,43-42-,49-47-,58-55-. The van der Waals surface area contributed by atoms with Crippen molar-refractivity contribution in [2.75, 3.05) is 13.2 Å². The molecule has 0 heterocycles. The quantitative estimate of drug-likeness (QED) is 0.0261. The number of hydrogen-bond donors (Lipinski definition) is 0. The lowest BCUT2D eigenvalue weighted by Crippen LogP contribution is -2.30. The molecule has 456 valence electrons. The Morgan fingerprint density at radius 1 is 0.263 bits per heavy atom. The average molecular weight is 1110 g/mol. The fourth-order valence-corrected chi connectivity index (χ4v) is 9.21. The number of carbonyl (C=O) groups is 3. The predicted octanol–water partition coefficient (Wildman–Crippen LogP) is 23.2. The Labute approximate surface area is 494 Å². The molecular formula is C74H124O6. The van der Waals surface area contributed by atoms with Gasteiger partial charge < -0.3 is 14.2 Å². The van der Waals surface area contributed by atoms with Gasteiger partial charge in [0.2, 0.25) is 0 Å². The third kappa shape index (κ3) is 64.6. The van der Waals surface area contributed by atoms with E-state index < -0.39 is 6.10 Å². The molecule has 0 aromatic rings. The molecule has 1 atom stereocenters. The zero-order valence-corrected chi connectivity index (χ0v) is 52.3. The van der Waals surface area contributed by atoms with Crippen LogP contribution in [0, 0.1) is 0 Å². The van der Waals surface area contributed by atoms with Crippen LogP contribution in [0.1, 0.15) is 310 Å². The number of allylic oxidation sites excluding steroid dienone is 20. The first kappa shape index (κ1) is 75.8.